The summed E-state index contributed by atoms with van der Waals surface area (Å²) in [7, 11) is 0. The van der Waals surface area contributed by atoms with Crippen molar-refractivity contribution in [3.63, 3.8) is 0 Å². The van der Waals surface area contributed by atoms with E-state index >= 15 is 0 Å². The van der Waals surface area contributed by atoms with E-state index in [1.165, 1.54) is 120 Å². The molecule has 2 aromatic heterocycles. The molecular weight excluding hydrogens is 811 g/mol. The molecule has 0 fully saturated rings. The van der Waals surface area contributed by atoms with Crippen molar-refractivity contribution in [2.45, 2.75) is 12.8 Å². The molecule has 0 saturated carbocycles. The molecule has 0 N–H and O–H groups in total. The quantitative estimate of drug-likeness (QED) is 0.158. The van der Waals surface area contributed by atoms with Gasteiger partial charge in [-0.2, -0.15) is 0 Å². The predicted octanol–water partition coefficient (Wildman–Crippen LogP) is 17.1. The molecule has 0 radical (unpaired) electrons. The van der Waals surface area contributed by atoms with Crippen LogP contribution >= 0.6 is 0 Å². The Hall–Kier alpha value is -8.53. The number of rotatable bonds is 3. The summed E-state index contributed by atoms with van der Waals surface area (Å²) in [5.74, 6) is 1.19. The predicted molar refractivity (Wildman–Crippen MR) is 284 cm³/mol. The van der Waals surface area contributed by atoms with Crippen LogP contribution in [-0.4, -0.2) is 15.0 Å². The number of benzene rings is 12. The second-order valence-corrected chi connectivity index (χ2v) is 18.5. The lowest BCUT2D eigenvalue weighted by molar-refractivity contribution is 0.640. The number of fused-ring (bicyclic) bond motifs is 14. The third-order valence-electron chi connectivity index (χ3n) is 15.2. The topological polar surface area (TPSA) is 22.2 Å². The van der Waals surface area contributed by atoms with E-state index in [0.29, 0.717) is 0 Å². The highest BCUT2D eigenvalue weighted by Crippen LogP contribution is 2.53. The van der Waals surface area contributed by atoms with Gasteiger partial charge in [-0.25, -0.2) is 4.99 Å². The standard InChI is InChI=1S/C64H41N3/c1-38-57(40-18-4-2-5-19-40)61-48-26-12-10-23-45(48)46-24-11-13-27-49(46)63(61)65-64(38)67-55-30-16-28-50-58-43-22-9-8-17-39(43)31-33-51(58)59-44(34-36-56(67)62(59)60(50)55)41-32-35-54-52(37-41)47-25-14-15-29-53(47)66(54)42-20-6-3-7-21-42/h2-38,57H,1H3. The Balaban J connectivity index is 1.08. The van der Waals surface area contributed by atoms with Crippen molar-refractivity contribution >= 4 is 109 Å². The molecule has 2 unspecified atom stereocenters. The van der Waals surface area contributed by atoms with Gasteiger partial charge in [-0.15, -0.1) is 0 Å². The fraction of sp³-hybridized carbons (Fsp3) is 0.0469. The van der Waals surface area contributed by atoms with Crippen LogP contribution in [0.2, 0.25) is 0 Å². The van der Waals surface area contributed by atoms with Gasteiger partial charge in [-0.3, -0.25) is 4.57 Å². The molecule has 1 aliphatic heterocycles. The first kappa shape index (κ1) is 36.8. The van der Waals surface area contributed by atoms with E-state index in [1.54, 1.807) is 0 Å². The number of aromatic nitrogens is 2. The average molecular weight is 852 g/mol. The fourth-order valence-corrected chi connectivity index (χ4v) is 12.5. The van der Waals surface area contributed by atoms with E-state index in [2.05, 4.69) is 234 Å². The van der Waals surface area contributed by atoms with Gasteiger partial charge < -0.3 is 4.57 Å². The molecule has 0 amide bonds. The first-order valence-electron chi connectivity index (χ1n) is 23.5. The molecule has 12 aromatic carbocycles. The van der Waals surface area contributed by atoms with E-state index in [0.717, 1.165) is 17.2 Å². The summed E-state index contributed by atoms with van der Waals surface area (Å²) in [5.41, 5.74) is 12.1. The largest absolute Gasteiger partial charge is 0.309 e. The number of hydrogen-bond acceptors (Lipinski definition) is 1. The van der Waals surface area contributed by atoms with Crippen LogP contribution in [0.4, 0.5) is 5.69 Å². The molecular formula is C64H41N3. The van der Waals surface area contributed by atoms with Gasteiger partial charge in [0, 0.05) is 49.8 Å². The average Bonchev–Trinajstić information content (AvgIpc) is 3.91. The maximum Gasteiger partial charge on any atom is 0.118 e. The molecule has 0 bridgehead atoms. The van der Waals surface area contributed by atoms with Crippen LogP contribution < -0.4 is 0 Å². The van der Waals surface area contributed by atoms with E-state index in [1.807, 2.05) is 0 Å². The van der Waals surface area contributed by atoms with Gasteiger partial charge in [0.1, 0.15) is 5.84 Å². The van der Waals surface area contributed by atoms with Gasteiger partial charge >= 0.3 is 0 Å². The van der Waals surface area contributed by atoms with Gasteiger partial charge in [-0.05, 0) is 108 Å². The lowest BCUT2D eigenvalue weighted by Crippen LogP contribution is -2.29. The molecule has 0 saturated heterocycles. The van der Waals surface area contributed by atoms with Gasteiger partial charge in [-0.1, -0.05) is 183 Å². The Labute approximate surface area is 386 Å². The molecule has 2 atom stereocenters. The summed E-state index contributed by atoms with van der Waals surface area (Å²) in [4.78, 5) is 5.95. The second-order valence-electron chi connectivity index (χ2n) is 18.5. The minimum Gasteiger partial charge on any atom is -0.309 e. The summed E-state index contributed by atoms with van der Waals surface area (Å²) in [6.07, 6.45) is 0. The lowest BCUT2D eigenvalue weighted by atomic mass is 9.75. The Morgan fingerprint density at radius 3 is 1.79 bits per heavy atom. The van der Waals surface area contributed by atoms with Crippen molar-refractivity contribution in [3.8, 4) is 16.8 Å². The molecule has 67 heavy (non-hydrogen) atoms. The maximum atomic E-state index is 5.95. The number of nitrogens with zero attached hydrogens (tertiary/aromatic N) is 3. The lowest BCUT2D eigenvalue weighted by Gasteiger charge is -2.34. The van der Waals surface area contributed by atoms with Gasteiger partial charge in [0.15, 0.2) is 0 Å². The number of hydrogen-bond donors (Lipinski definition) is 0. The van der Waals surface area contributed by atoms with Gasteiger partial charge in [0.2, 0.25) is 0 Å². The first-order chi connectivity index (χ1) is 33.2. The van der Waals surface area contributed by atoms with Crippen LogP contribution in [0.5, 0.6) is 0 Å². The highest BCUT2D eigenvalue weighted by Gasteiger charge is 2.37. The van der Waals surface area contributed by atoms with E-state index < -0.39 is 0 Å². The van der Waals surface area contributed by atoms with Crippen molar-refractivity contribution in [2.75, 3.05) is 0 Å². The highest BCUT2D eigenvalue weighted by atomic mass is 15.1. The monoisotopic (exact) mass is 851 g/mol. The third kappa shape index (κ3) is 4.98. The Morgan fingerprint density at radius 1 is 0.373 bits per heavy atom. The van der Waals surface area contributed by atoms with Crippen molar-refractivity contribution in [1.29, 1.82) is 0 Å². The summed E-state index contributed by atoms with van der Waals surface area (Å²) in [6.45, 7) is 2.41. The molecule has 1 aliphatic rings. The third-order valence-corrected chi connectivity index (χ3v) is 15.2. The van der Waals surface area contributed by atoms with Crippen LogP contribution in [0.15, 0.2) is 223 Å². The highest BCUT2D eigenvalue weighted by molar-refractivity contribution is 6.41. The summed E-state index contributed by atoms with van der Waals surface area (Å²) in [5, 5.41) is 17.7. The summed E-state index contributed by atoms with van der Waals surface area (Å²) >= 11 is 0. The van der Waals surface area contributed by atoms with Crippen LogP contribution in [0.1, 0.15) is 24.0 Å². The summed E-state index contributed by atoms with van der Waals surface area (Å²) < 4.78 is 4.95. The molecule has 15 rings (SSSR count). The van der Waals surface area contributed by atoms with Crippen molar-refractivity contribution in [1.82, 2.24) is 9.13 Å². The van der Waals surface area contributed by atoms with Crippen LogP contribution in [0.25, 0.3) is 114 Å². The number of aliphatic imine (C=N–C) groups is 1. The Bertz CT molecular complexity index is 4400. The van der Waals surface area contributed by atoms with E-state index in [-0.39, 0.29) is 11.8 Å². The fourth-order valence-electron chi connectivity index (χ4n) is 12.5. The minimum absolute atomic E-state index is 0.0401. The smallest absolute Gasteiger partial charge is 0.118 e. The zero-order valence-corrected chi connectivity index (χ0v) is 36.8. The zero-order chi connectivity index (χ0) is 43.9. The minimum atomic E-state index is 0.0401. The van der Waals surface area contributed by atoms with Crippen LogP contribution in [0, 0.1) is 5.92 Å². The normalized spacial score (nSPS) is 15.3. The van der Waals surface area contributed by atoms with Crippen LogP contribution in [0.3, 0.4) is 0 Å². The van der Waals surface area contributed by atoms with Crippen molar-refractivity contribution in [3.05, 3.63) is 230 Å². The van der Waals surface area contributed by atoms with Gasteiger partial charge in [0.25, 0.3) is 0 Å². The SMILES string of the molecule is CC1C(n2c3cccc4c5c6ccccc6ccc5c5c(-c6ccc7c(c6)c6ccccc6n7-c6ccccc6)ccc2c5c43)=Nc2c(c3ccccc3c3ccccc23)C1c1ccccc1. The molecule has 14 aromatic rings. The van der Waals surface area contributed by atoms with Crippen molar-refractivity contribution < 1.29 is 0 Å². The molecule has 3 nitrogen and oxygen atoms in total. The zero-order valence-electron chi connectivity index (χ0n) is 36.8. The Kier molecular flexibility index (Phi) is 7.54. The molecule has 0 aliphatic carbocycles. The van der Waals surface area contributed by atoms with Crippen LogP contribution in [-0.2, 0) is 0 Å². The van der Waals surface area contributed by atoms with E-state index in [4.69, 9.17) is 4.99 Å². The summed E-state index contributed by atoms with van der Waals surface area (Å²) in [6, 6.07) is 81.0. The second kappa shape index (κ2) is 13.7. The van der Waals surface area contributed by atoms with Crippen molar-refractivity contribution in [2.24, 2.45) is 10.9 Å². The Morgan fingerprint density at radius 2 is 0.970 bits per heavy atom. The molecule has 0 spiro atoms. The maximum absolute atomic E-state index is 5.95. The van der Waals surface area contributed by atoms with Gasteiger partial charge in [0.05, 0.1) is 27.8 Å². The molecule has 312 valence electrons. The first-order valence-corrected chi connectivity index (χ1v) is 23.5. The van der Waals surface area contributed by atoms with E-state index in [9.17, 15) is 0 Å². The number of para-hydroxylation sites is 2. The molecule has 3 heterocycles. The molecule has 3 heteroatoms.